The molecule has 0 bridgehead atoms. The van der Waals surface area contributed by atoms with E-state index in [1.807, 2.05) is 6.07 Å². The molecule has 0 saturated carbocycles. The van der Waals surface area contributed by atoms with Crippen LogP contribution in [0.5, 0.6) is 5.75 Å². The zero-order valence-electron chi connectivity index (χ0n) is 13.0. The third-order valence-electron chi connectivity index (χ3n) is 2.91. The SMILES string of the molecule is O=C(COc1ccc(Br)cc1Cl)NC(=S)NNC(=O)c1ccccc1I. The third-order valence-corrected chi connectivity index (χ3v) is 4.85. The second-order valence-electron chi connectivity index (χ2n) is 4.80. The van der Waals surface area contributed by atoms with E-state index in [9.17, 15) is 9.59 Å². The summed E-state index contributed by atoms with van der Waals surface area (Å²) >= 11 is 16.3. The molecule has 0 spiro atoms. The van der Waals surface area contributed by atoms with E-state index in [0.29, 0.717) is 16.3 Å². The standard InChI is InChI=1S/C16H12BrClIN3O3S/c17-9-5-6-13(11(18)7-9)25-8-14(23)20-16(26)22-21-15(24)10-3-1-2-4-12(10)19/h1-7H,8H2,(H,21,24)(H2,20,22,23,26). The number of amides is 2. The van der Waals surface area contributed by atoms with Gasteiger partial charge in [-0.1, -0.05) is 39.7 Å². The van der Waals surface area contributed by atoms with Crippen LogP contribution in [0, 0.1) is 3.57 Å². The first-order chi connectivity index (χ1) is 12.4. The van der Waals surface area contributed by atoms with Gasteiger partial charge in [-0.15, -0.1) is 0 Å². The van der Waals surface area contributed by atoms with Crippen molar-refractivity contribution < 1.29 is 14.3 Å². The third kappa shape index (κ3) is 6.38. The molecule has 2 rings (SSSR count). The Bertz CT molecular complexity index is 853. The summed E-state index contributed by atoms with van der Waals surface area (Å²) in [5, 5.41) is 2.71. The highest BCUT2D eigenvalue weighted by molar-refractivity contribution is 14.1. The van der Waals surface area contributed by atoms with Gasteiger partial charge >= 0.3 is 0 Å². The van der Waals surface area contributed by atoms with E-state index in [0.717, 1.165) is 8.04 Å². The van der Waals surface area contributed by atoms with Crippen LogP contribution in [-0.2, 0) is 4.79 Å². The van der Waals surface area contributed by atoms with Crippen molar-refractivity contribution in [2.75, 3.05) is 6.61 Å². The Morgan fingerprint density at radius 1 is 1.19 bits per heavy atom. The maximum atomic E-state index is 12.0. The predicted octanol–water partition coefficient (Wildman–Crippen LogP) is 3.42. The molecule has 0 fully saturated rings. The second-order valence-corrected chi connectivity index (χ2v) is 7.69. The summed E-state index contributed by atoms with van der Waals surface area (Å²) in [6.45, 7) is -0.284. The Morgan fingerprint density at radius 3 is 2.62 bits per heavy atom. The first-order valence-electron chi connectivity index (χ1n) is 7.09. The monoisotopic (exact) mass is 567 g/mol. The van der Waals surface area contributed by atoms with Crippen LogP contribution >= 0.6 is 62.3 Å². The summed E-state index contributed by atoms with van der Waals surface area (Å²) in [5.74, 6) is -0.495. The lowest BCUT2D eigenvalue weighted by atomic mass is 10.2. The number of carbonyl (C=O) groups is 2. The molecular weight excluding hydrogens is 557 g/mol. The van der Waals surface area contributed by atoms with Crippen molar-refractivity contribution in [2.24, 2.45) is 0 Å². The fourth-order valence-corrected chi connectivity index (χ4v) is 3.28. The Labute approximate surface area is 182 Å². The minimum atomic E-state index is -0.495. The lowest BCUT2D eigenvalue weighted by Crippen LogP contribution is -2.49. The van der Waals surface area contributed by atoms with Crippen molar-refractivity contribution >= 4 is 79.3 Å². The molecule has 0 aromatic heterocycles. The normalized spacial score (nSPS) is 9.96. The van der Waals surface area contributed by atoms with Gasteiger partial charge in [0.05, 0.1) is 10.6 Å². The van der Waals surface area contributed by atoms with Crippen LogP contribution in [0.3, 0.4) is 0 Å². The number of ether oxygens (including phenoxy) is 1. The van der Waals surface area contributed by atoms with Crippen LogP contribution in [0.1, 0.15) is 10.4 Å². The predicted molar refractivity (Wildman–Crippen MR) is 115 cm³/mol. The summed E-state index contributed by atoms with van der Waals surface area (Å²) in [5.41, 5.74) is 5.37. The van der Waals surface area contributed by atoms with Crippen molar-refractivity contribution in [1.82, 2.24) is 16.2 Å². The highest BCUT2D eigenvalue weighted by Gasteiger charge is 2.11. The minimum absolute atomic E-state index is 0.0557. The lowest BCUT2D eigenvalue weighted by molar-refractivity contribution is -0.121. The van der Waals surface area contributed by atoms with Gasteiger partial charge in [-0.3, -0.25) is 25.8 Å². The van der Waals surface area contributed by atoms with Gasteiger partial charge < -0.3 is 4.74 Å². The Morgan fingerprint density at radius 2 is 1.92 bits per heavy atom. The molecule has 136 valence electrons. The van der Waals surface area contributed by atoms with Crippen LogP contribution in [0.4, 0.5) is 0 Å². The number of hydrogen-bond donors (Lipinski definition) is 3. The largest absolute Gasteiger partial charge is 0.482 e. The van der Waals surface area contributed by atoms with Crippen molar-refractivity contribution in [2.45, 2.75) is 0 Å². The van der Waals surface area contributed by atoms with Crippen molar-refractivity contribution in [3.63, 3.8) is 0 Å². The highest BCUT2D eigenvalue weighted by atomic mass is 127. The summed E-state index contributed by atoms with van der Waals surface area (Å²) < 4.78 is 6.91. The van der Waals surface area contributed by atoms with Crippen LogP contribution < -0.4 is 20.9 Å². The number of benzene rings is 2. The second kappa shape index (κ2) is 10.0. The highest BCUT2D eigenvalue weighted by Crippen LogP contribution is 2.27. The summed E-state index contributed by atoms with van der Waals surface area (Å²) in [4.78, 5) is 23.9. The van der Waals surface area contributed by atoms with Crippen molar-refractivity contribution in [3.8, 4) is 5.75 Å². The van der Waals surface area contributed by atoms with Crippen molar-refractivity contribution in [3.05, 3.63) is 61.1 Å². The topological polar surface area (TPSA) is 79.5 Å². The molecule has 0 saturated heterocycles. The molecule has 0 heterocycles. The summed E-state index contributed by atoms with van der Waals surface area (Å²) in [6.07, 6.45) is 0. The molecule has 26 heavy (non-hydrogen) atoms. The molecule has 2 aromatic carbocycles. The average molecular weight is 569 g/mol. The first kappa shape index (κ1) is 20.9. The molecule has 0 aliphatic carbocycles. The number of nitrogens with one attached hydrogen (secondary N) is 3. The molecule has 6 nitrogen and oxygen atoms in total. The number of rotatable bonds is 4. The molecule has 0 radical (unpaired) electrons. The Balaban J connectivity index is 1.77. The van der Waals surface area contributed by atoms with Gasteiger partial charge in [-0.25, -0.2) is 0 Å². The molecule has 10 heteroatoms. The fourth-order valence-electron chi connectivity index (χ4n) is 1.76. The van der Waals surface area contributed by atoms with Crippen LogP contribution in [0.2, 0.25) is 5.02 Å². The molecular formula is C16H12BrClIN3O3S. The first-order valence-corrected chi connectivity index (χ1v) is 9.75. The molecule has 2 aromatic rings. The summed E-state index contributed by atoms with van der Waals surface area (Å²) in [7, 11) is 0. The van der Waals surface area contributed by atoms with Crippen molar-refractivity contribution in [1.29, 1.82) is 0 Å². The number of hydrazine groups is 1. The van der Waals surface area contributed by atoms with Gasteiger partial charge in [0.2, 0.25) is 0 Å². The number of carbonyl (C=O) groups excluding carboxylic acids is 2. The van der Waals surface area contributed by atoms with E-state index in [1.54, 1.807) is 36.4 Å². The summed E-state index contributed by atoms with van der Waals surface area (Å²) in [6, 6.07) is 12.1. The average Bonchev–Trinajstić information content (AvgIpc) is 2.59. The Kier molecular flexibility index (Phi) is 8.07. The molecule has 3 N–H and O–H groups in total. The van der Waals surface area contributed by atoms with Gasteiger partial charge in [0, 0.05) is 8.04 Å². The lowest BCUT2D eigenvalue weighted by Gasteiger charge is -2.12. The quantitative estimate of drug-likeness (QED) is 0.299. The van der Waals surface area contributed by atoms with E-state index >= 15 is 0 Å². The minimum Gasteiger partial charge on any atom is -0.482 e. The number of hydrogen-bond acceptors (Lipinski definition) is 4. The van der Waals surface area contributed by atoms with Gasteiger partial charge in [-0.2, -0.15) is 0 Å². The van der Waals surface area contributed by atoms with Gasteiger partial charge in [0.1, 0.15) is 5.75 Å². The zero-order chi connectivity index (χ0) is 19.1. The van der Waals surface area contributed by atoms with E-state index in [-0.39, 0.29) is 17.6 Å². The molecule has 0 aliphatic rings. The van der Waals surface area contributed by atoms with Gasteiger partial charge in [0.25, 0.3) is 11.8 Å². The fraction of sp³-hybridized carbons (Fsp3) is 0.0625. The maximum absolute atomic E-state index is 12.0. The number of thiocarbonyl (C=S) groups is 1. The van der Waals surface area contributed by atoms with E-state index in [4.69, 9.17) is 28.6 Å². The number of halogens is 3. The molecule has 0 unspecified atom stereocenters. The smallest absolute Gasteiger partial charge is 0.270 e. The molecule has 0 atom stereocenters. The van der Waals surface area contributed by atoms with Gasteiger partial charge in [-0.05, 0) is 65.1 Å². The molecule has 0 aliphatic heterocycles. The van der Waals surface area contributed by atoms with E-state index < -0.39 is 5.91 Å². The zero-order valence-corrected chi connectivity index (χ0v) is 18.3. The van der Waals surface area contributed by atoms with E-state index in [1.165, 1.54) is 0 Å². The Hall–Kier alpha value is -1.43. The van der Waals surface area contributed by atoms with Gasteiger partial charge in [0.15, 0.2) is 11.7 Å². The van der Waals surface area contributed by atoms with Crippen LogP contribution in [-0.4, -0.2) is 23.5 Å². The van der Waals surface area contributed by atoms with Crippen LogP contribution in [0.25, 0.3) is 0 Å². The van der Waals surface area contributed by atoms with E-state index in [2.05, 4.69) is 54.7 Å². The maximum Gasteiger partial charge on any atom is 0.270 e. The molecule has 2 amide bonds. The van der Waals surface area contributed by atoms with Crippen LogP contribution in [0.15, 0.2) is 46.9 Å².